The number of nitrogen functional groups attached to an aromatic ring is 1. The molecule has 2 N–H and O–H groups in total. The van der Waals surface area contributed by atoms with Crippen LogP contribution >= 0.6 is 0 Å². The quantitative estimate of drug-likeness (QED) is 0.860. The normalized spacial score (nSPS) is 20.7. The molecule has 0 fully saturated rings. The Kier molecular flexibility index (Phi) is 3.08. The van der Waals surface area contributed by atoms with E-state index in [0.29, 0.717) is 5.92 Å². The van der Waals surface area contributed by atoms with Crippen LogP contribution in [-0.2, 0) is 13.0 Å². The fourth-order valence-corrected chi connectivity index (χ4v) is 3.51. The molecule has 0 spiro atoms. The molecule has 0 bridgehead atoms. The van der Waals surface area contributed by atoms with Gasteiger partial charge in [0.15, 0.2) is 0 Å². The molecular formula is C18H20N2O. The highest BCUT2D eigenvalue weighted by Gasteiger charge is 2.27. The number of ether oxygens (including phenoxy) is 1. The lowest BCUT2D eigenvalue weighted by Crippen LogP contribution is -2.34. The van der Waals surface area contributed by atoms with Crippen LogP contribution in [0, 0.1) is 0 Å². The topological polar surface area (TPSA) is 38.5 Å². The smallest absolute Gasteiger partial charge is 0.122 e. The summed E-state index contributed by atoms with van der Waals surface area (Å²) in [5.41, 5.74) is 11.1. The number of nitrogens with two attached hydrogens (primary N) is 1. The average Bonchev–Trinajstić information content (AvgIpc) is 2.92. The molecule has 2 heterocycles. The number of hydrogen-bond acceptors (Lipinski definition) is 3. The molecule has 108 valence electrons. The third-order valence-corrected chi connectivity index (χ3v) is 4.67. The Hall–Kier alpha value is -2.00. The van der Waals surface area contributed by atoms with Gasteiger partial charge in [0.1, 0.15) is 5.75 Å². The van der Waals surface area contributed by atoms with Crippen molar-refractivity contribution in [2.75, 3.05) is 25.4 Å². The number of para-hydroxylation sites is 1. The summed E-state index contributed by atoms with van der Waals surface area (Å²) in [6.45, 7) is 3.91. The number of fused-ring (bicyclic) bond motifs is 2. The molecule has 0 saturated carbocycles. The molecule has 4 rings (SSSR count). The minimum Gasteiger partial charge on any atom is -0.493 e. The molecule has 3 nitrogen and oxygen atoms in total. The molecule has 2 aliphatic heterocycles. The molecule has 0 aromatic heterocycles. The van der Waals surface area contributed by atoms with E-state index >= 15 is 0 Å². The minimum absolute atomic E-state index is 0.479. The number of hydrogen-bond donors (Lipinski definition) is 1. The van der Waals surface area contributed by atoms with Crippen LogP contribution in [0.3, 0.4) is 0 Å². The third kappa shape index (κ3) is 2.28. The first kappa shape index (κ1) is 12.7. The standard InChI is InChI=1S/C18H20N2O/c19-17-6-3-4-13-8-9-20(11-16(13)17)10-14-12-21-18-7-2-1-5-15(14)18/h1-7,14H,8-12,19H2. The van der Waals surface area contributed by atoms with Crippen LogP contribution in [0.4, 0.5) is 5.69 Å². The summed E-state index contributed by atoms with van der Waals surface area (Å²) in [7, 11) is 0. The van der Waals surface area contributed by atoms with E-state index < -0.39 is 0 Å². The van der Waals surface area contributed by atoms with Gasteiger partial charge in [-0.15, -0.1) is 0 Å². The molecule has 2 aromatic carbocycles. The molecule has 2 aliphatic rings. The maximum atomic E-state index is 6.14. The first-order valence-electron chi connectivity index (χ1n) is 7.61. The zero-order chi connectivity index (χ0) is 14.2. The highest BCUT2D eigenvalue weighted by atomic mass is 16.5. The van der Waals surface area contributed by atoms with Crippen LogP contribution in [-0.4, -0.2) is 24.6 Å². The van der Waals surface area contributed by atoms with Crippen LogP contribution in [0.5, 0.6) is 5.75 Å². The molecule has 1 unspecified atom stereocenters. The molecule has 3 heteroatoms. The summed E-state index contributed by atoms with van der Waals surface area (Å²) in [5, 5.41) is 0. The summed E-state index contributed by atoms with van der Waals surface area (Å²) in [6, 6.07) is 14.7. The summed E-state index contributed by atoms with van der Waals surface area (Å²) < 4.78 is 5.79. The Morgan fingerprint density at radius 3 is 3.00 bits per heavy atom. The largest absolute Gasteiger partial charge is 0.493 e. The Morgan fingerprint density at radius 2 is 2.05 bits per heavy atom. The fourth-order valence-electron chi connectivity index (χ4n) is 3.51. The predicted octanol–water partition coefficient (Wildman–Crippen LogP) is 2.80. The minimum atomic E-state index is 0.479. The molecule has 0 saturated heterocycles. The van der Waals surface area contributed by atoms with Crippen molar-refractivity contribution in [1.29, 1.82) is 0 Å². The lowest BCUT2D eigenvalue weighted by atomic mass is 9.95. The highest BCUT2D eigenvalue weighted by molar-refractivity contribution is 5.51. The van der Waals surface area contributed by atoms with Crippen LogP contribution in [0.1, 0.15) is 22.6 Å². The van der Waals surface area contributed by atoms with E-state index in [0.717, 1.165) is 44.1 Å². The number of anilines is 1. The van der Waals surface area contributed by atoms with Crippen LogP contribution in [0.15, 0.2) is 42.5 Å². The van der Waals surface area contributed by atoms with Gasteiger partial charge in [0, 0.05) is 36.8 Å². The Balaban J connectivity index is 1.52. The number of nitrogens with zero attached hydrogens (tertiary/aromatic N) is 1. The van der Waals surface area contributed by atoms with Crippen LogP contribution in [0.25, 0.3) is 0 Å². The van der Waals surface area contributed by atoms with Gasteiger partial charge in [0.05, 0.1) is 6.61 Å². The Labute approximate surface area is 125 Å². The second-order valence-electron chi connectivity index (χ2n) is 6.02. The third-order valence-electron chi connectivity index (χ3n) is 4.67. The van der Waals surface area contributed by atoms with Gasteiger partial charge in [0.2, 0.25) is 0 Å². The van der Waals surface area contributed by atoms with Gasteiger partial charge in [-0.2, -0.15) is 0 Å². The van der Waals surface area contributed by atoms with E-state index in [4.69, 9.17) is 10.5 Å². The van der Waals surface area contributed by atoms with Crippen molar-refractivity contribution in [3.63, 3.8) is 0 Å². The second-order valence-corrected chi connectivity index (χ2v) is 6.02. The molecule has 0 aliphatic carbocycles. The highest BCUT2D eigenvalue weighted by Crippen LogP contribution is 2.35. The second kappa shape index (κ2) is 5.08. The average molecular weight is 280 g/mol. The summed E-state index contributed by atoms with van der Waals surface area (Å²) in [4.78, 5) is 2.51. The first-order chi connectivity index (χ1) is 10.3. The first-order valence-corrected chi connectivity index (χ1v) is 7.61. The molecule has 1 atom stereocenters. The van der Waals surface area contributed by atoms with E-state index in [1.54, 1.807) is 0 Å². The summed E-state index contributed by atoms with van der Waals surface area (Å²) >= 11 is 0. The van der Waals surface area contributed by atoms with Gasteiger partial charge in [-0.1, -0.05) is 30.3 Å². The molecule has 0 radical (unpaired) electrons. The van der Waals surface area contributed by atoms with Gasteiger partial charge in [-0.3, -0.25) is 4.90 Å². The summed E-state index contributed by atoms with van der Waals surface area (Å²) in [6.07, 6.45) is 1.09. The van der Waals surface area contributed by atoms with Gasteiger partial charge in [0.25, 0.3) is 0 Å². The van der Waals surface area contributed by atoms with Crippen molar-refractivity contribution in [3.8, 4) is 5.75 Å². The maximum Gasteiger partial charge on any atom is 0.122 e. The molecular weight excluding hydrogens is 260 g/mol. The van der Waals surface area contributed by atoms with Crippen molar-refractivity contribution < 1.29 is 4.74 Å². The van der Waals surface area contributed by atoms with E-state index in [2.05, 4.69) is 35.2 Å². The lowest BCUT2D eigenvalue weighted by molar-refractivity contribution is 0.219. The Bertz CT molecular complexity index is 668. The molecule has 21 heavy (non-hydrogen) atoms. The lowest BCUT2D eigenvalue weighted by Gasteiger charge is -2.31. The van der Waals surface area contributed by atoms with Crippen molar-refractivity contribution in [1.82, 2.24) is 4.90 Å². The van der Waals surface area contributed by atoms with E-state index in [1.165, 1.54) is 16.7 Å². The van der Waals surface area contributed by atoms with Gasteiger partial charge in [-0.25, -0.2) is 0 Å². The maximum absolute atomic E-state index is 6.14. The predicted molar refractivity (Wildman–Crippen MR) is 84.5 cm³/mol. The Morgan fingerprint density at radius 1 is 1.14 bits per heavy atom. The number of rotatable bonds is 2. The van der Waals surface area contributed by atoms with Crippen molar-refractivity contribution in [2.24, 2.45) is 0 Å². The number of benzene rings is 2. The molecule has 0 amide bonds. The van der Waals surface area contributed by atoms with E-state index in [9.17, 15) is 0 Å². The van der Waals surface area contributed by atoms with Gasteiger partial charge in [-0.05, 0) is 29.7 Å². The van der Waals surface area contributed by atoms with Crippen molar-refractivity contribution in [2.45, 2.75) is 18.9 Å². The SMILES string of the molecule is Nc1cccc2c1CN(CC1COc3ccccc31)CC2. The van der Waals surface area contributed by atoms with Crippen LogP contribution < -0.4 is 10.5 Å². The monoisotopic (exact) mass is 280 g/mol. The van der Waals surface area contributed by atoms with E-state index in [-0.39, 0.29) is 0 Å². The fraction of sp³-hybridized carbons (Fsp3) is 0.333. The molecule has 2 aromatic rings. The van der Waals surface area contributed by atoms with Crippen molar-refractivity contribution >= 4 is 5.69 Å². The summed E-state index contributed by atoms with van der Waals surface area (Å²) in [5.74, 6) is 1.53. The van der Waals surface area contributed by atoms with Crippen molar-refractivity contribution in [3.05, 3.63) is 59.2 Å². The van der Waals surface area contributed by atoms with Gasteiger partial charge >= 0.3 is 0 Å². The van der Waals surface area contributed by atoms with Crippen LogP contribution in [0.2, 0.25) is 0 Å². The zero-order valence-electron chi connectivity index (χ0n) is 12.1. The van der Waals surface area contributed by atoms with E-state index in [1.807, 2.05) is 12.1 Å². The van der Waals surface area contributed by atoms with Gasteiger partial charge < -0.3 is 10.5 Å². The zero-order valence-corrected chi connectivity index (χ0v) is 12.1.